The van der Waals surface area contributed by atoms with E-state index in [9.17, 15) is 8.42 Å². The highest BCUT2D eigenvalue weighted by molar-refractivity contribution is 7.90. The van der Waals surface area contributed by atoms with E-state index in [1.165, 1.54) is 28.4 Å². The van der Waals surface area contributed by atoms with E-state index >= 15 is 0 Å². The molecule has 0 aliphatic heterocycles. The lowest BCUT2D eigenvalue weighted by Gasteiger charge is -2.12. The van der Waals surface area contributed by atoms with Gasteiger partial charge in [0.05, 0.1) is 22.2 Å². The summed E-state index contributed by atoms with van der Waals surface area (Å²) in [5.41, 5.74) is 1.33. The molecular weight excluding hydrogens is 360 g/mol. The smallest absolute Gasteiger partial charge is 0.269 e. The van der Waals surface area contributed by atoms with Crippen molar-refractivity contribution in [1.29, 1.82) is 0 Å². The minimum absolute atomic E-state index is 0.0925. The Labute approximate surface area is 151 Å². The third kappa shape index (κ3) is 3.41. The van der Waals surface area contributed by atoms with E-state index in [1.807, 2.05) is 37.3 Å². The summed E-state index contributed by atoms with van der Waals surface area (Å²) in [6, 6.07) is 13.6. The van der Waals surface area contributed by atoms with Crippen LogP contribution in [0.1, 0.15) is 12.6 Å². The van der Waals surface area contributed by atoms with Crippen LogP contribution in [0.4, 0.5) is 0 Å². The number of imidazole rings is 1. The first-order valence-corrected chi connectivity index (χ1v) is 9.54. The Morgan fingerprint density at radius 2 is 1.88 bits per heavy atom. The number of benzene rings is 2. The lowest BCUT2D eigenvalue weighted by Crippen LogP contribution is -2.14. The van der Waals surface area contributed by atoms with Gasteiger partial charge in [-0.15, -0.1) is 0 Å². The molecule has 0 aliphatic rings. The summed E-state index contributed by atoms with van der Waals surface area (Å²) in [5.74, 6) is 0.703. The fourth-order valence-corrected chi connectivity index (χ4v) is 4.02. The Morgan fingerprint density at radius 3 is 2.56 bits per heavy atom. The zero-order valence-corrected chi connectivity index (χ0v) is 15.4. The van der Waals surface area contributed by atoms with Gasteiger partial charge in [0.25, 0.3) is 10.0 Å². The average molecular weight is 377 g/mol. The van der Waals surface area contributed by atoms with Gasteiger partial charge in [-0.05, 0) is 26.0 Å². The maximum Gasteiger partial charge on any atom is 0.269 e. The highest BCUT2D eigenvalue weighted by atomic mass is 35.5. The average Bonchev–Trinajstić information content (AvgIpc) is 3.00. The Kier molecular flexibility index (Phi) is 4.83. The molecule has 0 aliphatic carbocycles. The van der Waals surface area contributed by atoms with Crippen LogP contribution in [-0.2, 0) is 10.0 Å². The minimum atomic E-state index is -3.84. The van der Waals surface area contributed by atoms with Crippen molar-refractivity contribution in [1.82, 2.24) is 8.96 Å². The maximum atomic E-state index is 13.1. The van der Waals surface area contributed by atoms with E-state index in [0.29, 0.717) is 28.9 Å². The van der Waals surface area contributed by atoms with Crippen molar-refractivity contribution in [2.75, 3.05) is 6.61 Å². The first-order chi connectivity index (χ1) is 11.9. The molecule has 1 aromatic heterocycles. The number of rotatable bonds is 5. The molecule has 3 aromatic rings. The van der Waals surface area contributed by atoms with Crippen molar-refractivity contribution in [2.24, 2.45) is 0 Å². The first kappa shape index (κ1) is 17.5. The lowest BCUT2D eigenvalue weighted by atomic mass is 10.2. The number of aromatic nitrogens is 2. The molecule has 0 N–H and O–H groups in total. The molecule has 0 saturated heterocycles. The summed E-state index contributed by atoms with van der Waals surface area (Å²) in [4.78, 5) is 4.47. The summed E-state index contributed by atoms with van der Waals surface area (Å²) in [7, 11) is -3.84. The number of hydrogen-bond donors (Lipinski definition) is 0. The highest BCUT2D eigenvalue weighted by Gasteiger charge is 2.23. The topological polar surface area (TPSA) is 61.2 Å². The fourth-order valence-electron chi connectivity index (χ4n) is 2.46. The summed E-state index contributed by atoms with van der Waals surface area (Å²) in [6.07, 6.45) is 1.51. The van der Waals surface area contributed by atoms with Crippen LogP contribution in [0.3, 0.4) is 0 Å². The quantitative estimate of drug-likeness (QED) is 0.671. The van der Waals surface area contributed by atoms with E-state index in [2.05, 4.69) is 4.98 Å². The second-order valence-electron chi connectivity index (χ2n) is 5.40. The van der Waals surface area contributed by atoms with Gasteiger partial charge in [-0.3, -0.25) is 0 Å². The Hall–Kier alpha value is -2.31. The number of aryl methyl sites for hydroxylation is 1. The zero-order valence-electron chi connectivity index (χ0n) is 13.8. The van der Waals surface area contributed by atoms with Gasteiger partial charge in [0.1, 0.15) is 5.75 Å². The second kappa shape index (κ2) is 6.90. The first-order valence-electron chi connectivity index (χ1n) is 7.73. The predicted octanol–water partition coefficient (Wildman–Crippen LogP) is 4.15. The van der Waals surface area contributed by atoms with Crippen LogP contribution in [0, 0.1) is 6.92 Å². The van der Waals surface area contributed by atoms with Crippen molar-refractivity contribution >= 4 is 21.6 Å². The standard InChI is InChI=1S/C18H17ClN2O3S/c1-3-24-17-11-15(9-10-16(17)19)25(22,23)21-12-13(2)20-18(21)14-7-5-4-6-8-14/h4-12H,3H2,1-2H3. The molecule has 7 heteroatoms. The van der Waals surface area contributed by atoms with Gasteiger partial charge in [-0.2, -0.15) is 0 Å². The van der Waals surface area contributed by atoms with Crippen molar-refractivity contribution in [3.8, 4) is 17.1 Å². The van der Waals surface area contributed by atoms with Crippen LogP contribution in [-0.4, -0.2) is 24.0 Å². The normalized spacial score (nSPS) is 11.5. The van der Waals surface area contributed by atoms with E-state index in [1.54, 1.807) is 6.92 Å². The van der Waals surface area contributed by atoms with Crippen LogP contribution in [0.2, 0.25) is 5.02 Å². The van der Waals surface area contributed by atoms with Gasteiger partial charge in [-0.1, -0.05) is 41.9 Å². The van der Waals surface area contributed by atoms with Crippen molar-refractivity contribution in [2.45, 2.75) is 18.7 Å². The largest absolute Gasteiger partial charge is 0.492 e. The SMILES string of the molecule is CCOc1cc(S(=O)(=O)n2cc(C)nc2-c2ccccc2)ccc1Cl. The molecule has 2 aromatic carbocycles. The minimum Gasteiger partial charge on any atom is -0.492 e. The molecule has 3 rings (SSSR count). The Bertz CT molecular complexity index is 998. The van der Waals surface area contributed by atoms with Gasteiger partial charge in [0.15, 0.2) is 5.82 Å². The van der Waals surface area contributed by atoms with Crippen LogP contribution >= 0.6 is 11.6 Å². The number of halogens is 1. The summed E-state index contributed by atoms with van der Waals surface area (Å²) in [5, 5.41) is 0.367. The third-order valence-electron chi connectivity index (χ3n) is 3.59. The predicted molar refractivity (Wildman–Crippen MR) is 97.6 cm³/mol. The van der Waals surface area contributed by atoms with Crippen LogP contribution in [0.25, 0.3) is 11.4 Å². The Morgan fingerprint density at radius 1 is 1.16 bits per heavy atom. The molecule has 0 amide bonds. The molecule has 0 spiro atoms. The van der Waals surface area contributed by atoms with E-state index < -0.39 is 10.0 Å². The second-order valence-corrected chi connectivity index (χ2v) is 7.62. The van der Waals surface area contributed by atoms with E-state index in [0.717, 1.165) is 5.56 Å². The Balaban J connectivity index is 2.15. The van der Waals surface area contributed by atoms with Gasteiger partial charge in [-0.25, -0.2) is 17.4 Å². The van der Waals surface area contributed by atoms with E-state index in [4.69, 9.17) is 16.3 Å². The maximum absolute atomic E-state index is 13.1. The number of ether oxygens (including phenoxy) is 1. The molecule has 0 atom stereocenters. The highest BCUT2D eigenvalue weighted by Crippen LogP contribution is 2.30. The molecule has 0 bridgehead atoms. The van der Waals surface area contributed by atoms with Crippen LogP contribution in [0.15, 0.2) is 59.6 Å². The lowest BCUT2D eigenvalue weighted by molar-refractivity contribution is 0.339. The molecule has 5 nitrogen and oxygen atoms in total. The summed E-state index contributed by atoms with van der Waals surface area (Å²) < 4.78 is 32.9. The molecule has 1 heterocycles. The molecule has 0 radical (unpaired) electrons. The molecule has 130 valence electrons. The van der Waals surface area contributed by atoms with Gasteiger partial charge >= 0.3 is 0 Å². The monoisotopic (exact) mass is 376 g/mol. The van der Waals surface area contributed by atoms with Crippen molar-refractivity contribution < 1.29 is 13.2 Å². The third-order valence-corrected chi connectivity index (χ3v) is 5.54. The molecule has 0 unspecified atom stereocenters. The number of hydrogen-bond acceptors (Lipinski definition) is 4. The van der Waals surface area contributed by atoms with Crippen LogP contribution in [0.5, 0.6) is 5.75 Å². The zero-order chi connectivity index (χ0) is 18.0. The molecule has 0 fully saturated rings. The summed E-state index contributed by atoms with van der Waals surface area (Å²) >= 11 is 6.06. The fraction of sp³-hybridized carbons (Fsp3) is 0.167. The number of nitrogens with zero attached hydrogens (tertiary/aromatic N) is 2. The molecular formula is C18H17ClN2O3S. The van der Waals surface area contributed by atoms with Crippen LogP contribution < -0.4 is 4.74 Å². The van der Waals surface area contributed by atoms with Crippen molar-refractivity contribution in [3.05, 3.63) is 65.4 Å². The van der Waals surface area contributed by atoms with Gasteiger partial charge < -0.3 is 4.74 Å². The van der Waals surface area contributed by atoms with E-state index in [-0.39, 0.29) is 4.90 Å². The summed E-state index contributed by atoms with van der Waals surface area (Å²) in [6.45, 7) is 3.96. The molecule has 0 saturated carbocycles. The van der Waals surface area contributed by atoms with Gasteiger partial charge in [0.2, 0.25) is 0 Å². The van der Waals surface area contributed by atoms with Crippen molar-refractivity contribution in [3.63, 3.8) is 0 Å². The van der Waals surface area contributed by atoms with Gasteiger partial charge in [0, 0.05) is 17.8 Å². The molecule has 25 heavy (non-hydrogen) atoms.